The number of hydrogen-bond donors (Lipinski definition) is 1. The van der Waals surface area contributed by atoms with Gasteiger partial charge in [0.05, 0.1) is 27.3 Å². The molecule has 0 bridgehead atoms. The van der Waals surface area contributed by atoms with Crippen molar-refractivity contribution in [2.45, 2.75) is 13.8 Å². The number of nitrogens with one attached hydrogen (secondary N) is 1. The minimum absolute atomic E-state index is 0.313. The van der Waals surface area contributed by atoms with E-state index in [-0.39, 0.29) is 0 Å². The highest BCUT2D eigenvalue weighted by Gasteiger charge is 2.14. The first-order valence-corrected chi connectivity index (χ1v) is 9.41. The molecule has 9 heteroatoms. The Morgan fingerprint density at radius 3 is 2.75 bits per heavy atom. The SMILES string of the molecule is CCOc1cc(C=Nn2c(=O)[nH]c3ccccc3c2=O)cc(I)c1OC(C)=O. The Morgan fingerprint density at radius 1 is 1.29 bits per heavy atom. The Balaban J connectivity index is 2.05. The van der Waals surface area contributed by atoms with Crippen LogP contribution in [0, 0.1) is 3.57 Å². The fourth-order valence-electron chi connectivity index (χ4n) is 2.55. The lowest BCUT2D eigenvalue weighted by atomic mass is 10.2. The van der Waals surface area contributed by atoms with Crippen molar-refractivity contribution >= 4 is 45.7 Å². The van der Waals surface area contributed by atoms with Gasteiger partial charge in [-0.05, 0) is 59.3 Å². The number of rotatable bonds is 5. The molecule has 0 atom stereocenters. The molecule has 3 rings (SSSR count). The molecule has 1 N–H and O–H groups in total. The molecule has 0 fully saturated rings. The first-order chi connectivity index (χ1) is 13.4. The van der Waals surface area contributed by atoms with Gasteiger partial charge < -0.3 is 14.5 Å². The average Bonchev–Trinajstić information content (AvgIpc) is 2.64. The van der Waals surface area contributed by atoms with Crippen molar-refractivity contribution in [3.8, 4) is 11.5 Å². The zero-order valence-corrected chi connectivity index (χ0v) is 17.2. The summed E-state index contributed by atoms with van der Waals surface area (Å²) in [5.41, 5.74) is -0.144. The van der Waals surface area contributed by atoms with Gasteiger partial charge in [0.15, 0.2) is 11.5 Å². The van der Waals surface area contributed by atoms with Crippen molar-refractivity contribution < 1.29 is 14.3 Å². The summed E-state index contributed by atoms with van der Waals surface area (Å²) in [7, 11) is 0. The maximum absolute atomic E-state index is 12.5. The summed E-state index contributed by atoms with van der Waals surface area (Å²) in [5, 5.41) is 4.38. The van der Waals surface area contributed by atoms with Gasteiger partial charge in [0, 0.05) is 6.92 Å². The van der Waals surface area contributed by atoms with Crippen LogP contribution in [-0.2, 0) is 4.79 Å². The van der Waals surface area contributed by atoms with E-state index < -0.39 is 17.2 Å². The predicted molar refractivity (Wildman–Crippen MR) is 113 cm³/mol. The van der Waals surface area contributed by atoms with Gasteiger partial charge in [0.1, 0.15) is 0 Å². The molecule has 0 saturated carbocycles. The Morgan fingerprint density at radius 2 is 2.04 bits per heavy atom. The van der Waals surface area contributed by atoms with E-state index in [9.17, 15) is 14.4 Å². The number of para-hydroxylation sites is 1. The van der Waals surface area contributed by atoms with Gasteiger partial charge >= 0.3 is 11.7 Å². The molecule has 0 aliphatic heterocycles. The summed E-state index contributed by atoms with van der Waals surface area (Å²) < 4.78 is 12.1. The number of fused-ring (bicyclic) bond motifs is 1. The lowest BCUT2D eigenvalue weighted by Gasteiger charge is -2.12. The number of aromatic nitrogens is 2. The number of esters is 1. The van der Waals surface area contributed by atoms with Gasteiger partial charge in [-0.3, -0.25) is 9.59 Å². The number of nitrogens with zero attached hydrogens (tertiary/aromatic N) is 2. The molecule has 0 aliphatic carbocycles. The zero-order valence-electron chi connectivity index (χ0n) is 15.1. The van der Waals surface area contributed by atoms with E-state index in [1.807, 2.05) is 22.6 Å². The smallest absolute Gasteiger partial charge is 0.349 e. The van der Waals surface area contributed by atoms with Crippen LogP contribution < -0.4 is 20.7 Å². The molecule has 0 saturated heterocycles. The maximum atomic E-state index is 12.5. The Hall–Kier alpha value is -2.95. The van der Waals surface area contributed by atoms with Gasteiger partial charge in [-0.2, -0.15) is 5.10 Å². The fraction of sp³-hybridized carbons (Fsp3) is 0.158. The van der Waals surface area contributed by atoms with Crippen molar-refractivity contribution in [2.75, 3.05) is 6.61 Å². The summed E-state index contributed by atoms with van der Waals surface area (Å²) >= 11 is 2.01. The molecule has 0 unspecified atom stereocenters. The van der Waals surface area contributed by atoms with E-state index in [4.69, 9.17) is 9.47 Å². The fourth-order valence-corrected chi connectivity index (χ4v) is 3.29. The summed E-state index contributed by atoms with van der Waals surface area (Å²) in [6, 6.07) is 10.0. The van der Waals surface area contributed by atoms with E-state index in [2.05, 4.69) is 10.1 Å². The number of carbonyl (C=O) groups is 1. The molecular formula is C19H16IN3O5. The first-order valence-electron chi connectivity index (χ1n) is 8.34. The van der Waals surface area contributed by atoms with Crippen molar-refractivity contribution in [3.05, 3.63) is 66.4 Å². The van der Waals surface area contributed by atoms with Crippen LogP contribution in [0.15, 0.2) is 51.1 Å². The van der Waals surface area contributed by atoms with E-state index in [1.54, 1.807) is 43.3 Å². The van der Waals surface area contributed by atoms with Gasteiger partial charge in [-0.1, -0.05) is 12.1 Å². The van der Waals surface area contributed by atoms with Gasteiger partial charge in [0.25, 0.3) is 5.56 Å². The van der Waals surface area contributed by atoms with Crippen LogP contribution in [0.25, 0.3) is 10.9 Å². The van der Waals surface area contributed by atoms with Crippen LogP contribution in [0.2, 0.25) is 0 Å². The highest BCUT2D eigenvalue weighted by molar-refractivity contribution is 14.1. The van der Waals surface area contributed by atoms with Crippen LogP contribution in [0.5, 0.6) is 11.5 Å². The van der Waals surface area contributed by atoms with E-state index in [1.165, 1.54) is 13.1 Å². The lowest BCUT2D eigenvalue weighted by molar-refractivity contribution is -0.132. The molecule has 2 aromatic carbocycles. The number of H-pyrrole nitrogens is 1. The van der Waals surface area contributed by atoms with Crippen molar-refractivity contribution in [2.24, 2.45) is 5.10 Å². The van der Waals surface area contributed by atoms with Crippen LogP contribution in [0.3, 0.4) is 0 Å². The van der Waals surface area contributed by atoms with Crippen LogP contribution in [0.4, 0.5) is 0 Å². The first kappa shape index (κ1) is 19.8. The van der Waals surface area contributed by atoms with Crippen LogP contribution >= 0.6 is 22.6 Å². The third-order valence-electron chi connectivity index (χ3n) is 3.68. The van der Waals surface area contributed by atoms with Crippen LogP contribution in [-0.4, -0.2) is 28.5 Å². The molecule has 0 radical (unpaired) electrons. The molecule has 1 heterocycles. The quantitative estimate of drug-likeness (QED) is 0.255. The van der Waals surface area contributed by atoms with Crippen LogP contribution in [0.1, 0.15) is 19.4 Å². The van der Waals surface area contributed by atoms with E-state index in [0.29, 0.717) is 38.1 Å². The molecule has 0 spiro atoms. The molecular weight excluding hydrogens is 477 g/mol. The number of halogens is 1. The second-order valence-electron chi connectivity index (χ2n) is 5.69. The number of aromatic amines is 1. The average molecular weight is 493 g/mol. The van der Waals surface area contributed by atoms with Crippen molar-refractivity contribution in [1.82, 2.24) is 9.66 Å². The summed E-state index contributed by atoms with van der Waals surface area (Å²) in [5.74, 6) is 0.216. The molecule has 28 heavy (non-hydrogen) atoms. The second-order valence-corrected chi connectivity index (χ2v) is 6.86. The molecule has 0 amide bonds. The predicted octanol–water partition coefficient (Wildman–Crippen LogP) is 2.50. The number of hydrogen-bond acceptors (Lipinski definition) is 6. The summed E-state index contributed by atoms with van der Waals surface area (Å²) in [4.78, 5) is 38.7. The van der Waals surface area contributed by atoms with Gasteiger partial charge in [-0.15, -0.1) is 4.68 Å². The topological polar surface area (TPSA) is 103 Å². The lowest BCUT2D eigenvalue weighted by Crippen LogP contribution is -2.32. The number of carbonyl (C=O) groups excluding carboxylic acids is 1. The molecule has 1 aromatic heterocycles. The second kappa shape index (κ2) is 8.38. The third kappa shape index (κ3) is 4.14. The minimum atomic E-state index is -0.642. The Labute approximate surface area is 172 Å². The van der Waals surface area contributed by atoms with Crippen molar-refractivity contribution in [3.63, 3.8) is 0 Å². The normalized spacial score (nSPS) is 11.1. The number of benzene rings is 2. The molecule has 0 aliphatic rings. The monoisotopic (exact) mass is 493 g/mol. The van der Waals surface area contributed by atoms with Crippen molar-refractivity contribution in [1.29, 1.82) is 0 Å². The summed E-state index contributed by atoms with van der Waals surface area (Å²) in [6.45, 7) is 3.48. The van der Waals surface area contributed by atoms with Gasteiger partial charge in [0.2, 0.25) is 0 Å². The Kier molecular flexibility index (Phi) is 5.93. The molecule has 3 aromatic rings. The highest BCUT2D eigenvalue weighted by atomic mass is 127. The van der Waals surface area contributed by atoms with E-state index in [0.717, 1.165) is 4.68 Å². The third-order valence-corrected chi connectivity index (χ3v) is 4.48. The largest absolute Gasteiger partial charge is 0.490 e. The summed E-state index contributed by atoms with van der Waals surface area (Å²) in [6.07, 6.45) is 1.37. The van der Waals surface area contributed by atoms with E-state index >= 15 is 0 Å². The number of ether oxygens (including phenoxy) is 2. The highest BCUT2D eigenvalue weighted by Crippen LogP contribution is 2.34. The van der Waals surface area contributed by atoms with Gasteiger partial charge in [-0.25, -0.2) is 4.79 Å². The maximum Gasteiger partial charge on any atom is 0.349 e. The standard InChI is InChI=1S/C19H16IN3O5/c1-3-27-16-9-12(8-14(20)17(16)28-11(2)24)10-21-23-18(25)13-6-4-5-7-15(13)22-19(23)26/h4-10H,3H2,1-2H3,(H,22,26). The Bertz CT molecular complexity index is 1200. The zero-order chi connectivity index (χ0) is 20.3. The molecule has 144 valence electrons. The minimum Gasteiger partial charge on any atom is -0.490 e. The molecule has 8 nitrogen and oxygen atoms in total.